The van der Waals surface area contributed by atoms with E-state index in [1.807, 2.05) is 6.11 Å². The number of ether oxygens (including phenoxy) is 1. The molecule has 0 saturated carbocycles. The third-order valence-electron chi connectivity index (χ3n) is 1.30. The lowest BCUT2D eigenvalue weighted by Crippen LogP contribution is -2.27. The monoisotopic (exact) mass is 155 g/mol. The number of hydrogen-bond acceptors (Lipinski definition) is 2. The maximum atomic E-state index is 10.8. The number of carbonyl (C=O) groups is 1. The summed E-state index contributed by atoms with van der Waals surface area (Å²) in [7, 11) is 1.66. The first-order valence-electron chi connectivity index (χ1n) is 3.60. The Hall–Kier alpha value is -1.17. The lowest BCUT2D eigenvalue weighted by Gasteiger charge is -2.12. The van der Waals surface area contributed by atoms with Gasteiger partial charge >= 0.3 is 6.09 Å². The average molecular weight is 155 g/mol. The highest BCUT2D eigenvalue weighted by Crippen LogP contribution is 1.93. The molecule has 0 N–H and O–H groups in total. The maximum Gasteiger partial charge on any atom is 0.423 e. The minimum atomic E-state index is -0.457. The molecule has 0 unspecified atom stereocenters. The van der Waals surface area contributed by atoms with Gasteiger partial charge in [-0.25, -0.2) is 4.79 Å². The van der Waals surface area contributed by atoms with Crippen molar-refractivity contribution in [2.24, 2.45) is 0 Å². The molecule has 0 aliphatic heterocycles. The predicted molar refractivity (Wildman–Crippen MR) is 42.9 cm³/mol. The van der Waals surface area contributed by atoms with Gasteiger partial charge in [0.15, 0.2) is 0 Å². The van der Waals surface area contributed by atoms with E-state index >= 15 is 0 Å². The number of terminal acetylenes is 1. The van der Waals surface area contributed by atoms with Gasteiger partial charge in [0.2, 0.25) is 0 Å². The molecule has 0 aromatic carbocycles. The summed E-state index contributed by atoms with van der Waals surface area (Å²) >= 11 is 0. The number of rotatable bonds is 3. The van der Waals surface area contributed by atoms with Crippen LogP contribution in [0.4, 0.5) is 4.79 Å². The molecular formula is C8H13NO2. The summed E-state index contributed by atoms with van der Waals surface area (Å²) < 4.78 is 4.32. The van der Waals surface area contributed by atoms with Crippen molar-refractivity contribution in [1.82, 2.24) is 4.90 Å². The largest absolute Gasteiger partial charge is 0.423 e. The summed E-state index contributed by atoms with van der Waals surface area (Å²) in [6.45, 7) is 2.75. The van der Waals surface area contributed by atoms with Crippen LogP contribution in [-0.2, 0) is 4.74 Å². The van der Waals surface area contributed by atoms with E-state index in [1.54, 1.807) is 7.05 Å². The zero-order valence-electron chi connectivity index (χ0n) is 6.96. The van der Waals surface area contributed by atoms with Crippen LogP contribution in [0.15, 0.2) is 0 Å². The van der Waals surface area contributed by atoms with Crippen LogP contribution in [0.5, 0.6) is 0 Å². The van der Waals surface area contributed by atoms with Crippen LogP contribution < -0.4 is 0 Å². The summed E-state index contributed by atoms with van der Waals surface area (Å²) in [5.74, 6) is 0. The fraction of sp³-hybridized carbons (Fsp3) is 0.625. The molecule has 11 heavy (non-hydrogen) atoms. The van der Waals surface area contributed by atoms with E-state index in [-0.39, 0.29) is 0 Å². The molecule has 0 atom stereocenters. The maximum absolute atomic E-state index is 10.8. The van der Waals surface area contributed by atoms with E-state index in [2.05, 4.69) is 11.7 Å². The van der Waals surface area contributed by atoms with Crippen molar-refractivity contribution in [2.75, 3.05) is 13.6 Å². The van der Waals surface area contributed by atoms with Gasteiger partial charge in [-0.05, 0) is 6.42 Å². The van der Waals surface area contributed by atoms with E-state index in [4.69, 9.17) is 6.42 Å². The van der Waals surface area contributed by atoms with Gasteiger partial charge < -0.3 is 9.64 Å². The standard InChI is InChI=1S/C8H13NO2/c1-4-6-7-9(3)8(10)11-5-2/h2H,4,6-7H2,1,3H3. The van der Waals surface area contributed by atoms with Gasteiger partial charge in [0.25, 0.3) is 0 Å². The molecule has 62 valence electrons. The molecule has 3 heteroatoms. The SMILES string of the molecule is C#COC(=O)N(C)CCCC. The van der Waals surface area contributed by atoms with Crippen LogP contribution in [0.2, 0.25) is 0 Å². The summed E-state index contributed by atoms with van der Waals surface area (Å²) in [4.78, 5) is 12.3. The molecule has 0 fully saturated rings. The molecule has 0 heterocycles. The summed E-state index contributed by atoms with van der Waals surface area (Å²) in [5.41, 5.74) is 0. The molecule has 3 nitrogen and oxygen atoms in total. The van der Waals surface area contributed by atoms with Crippen molar-refractivity contribution in [3.63, 3.8) is 0 Å². The molecule has 0 aliphatic rings. The lowest BCUT2D eigenvalue weighted by atomic mass is 10.3. The molecule has 1 amide bonds. The Morgan fingerprint density at radius 3 is 2.82 bits per heavy atom. The Balaban J connectivity index is 3.57. The van der Waals surface area contributed by atoms with Crippen molar-refractivity contribution < 1.29 is 9.53 Å². The number of hydrogen-bond donors (Lipinski definition) is 0. The van der Waals surface area contributed by atoms with E-state index in [9.17, 15) is 4.79 Å². The first-order valence-corrected chi connectivity index (χ1v) is 3.60. The highest BCUT2D eigenvalue weighted by molar-refractivity contribution is 5.68. The van der Waals surface area contributed by atoms with Gasteiger partial charge in [-0.1, -0.05) is 19.8 Å². The van der Waals surface area contributed by atoms with Crippen LogP contribution in [0.1, 0.15) is 19.8 Å². The normalized spacial score (nSPS) is 8.45. The van der Waals surface area contributed by atoms with Gasteiger partial charge in [-0.2, -0.15) is 0 Å². The highest BCUT2D eigenvalue weighted by Gasteiger charge is 2.06. The van der Waals surface area contributed by atoms with Crippen molar-refractivity contribution >= 4 is 6.09 Å². The van der Waals surface area contributed by atoms with E-state index in [0.717, 1.165) is 12.8 Å². The Kier molecular flexibility index (Phi) is 5.01. The summed E-state index contributed by atoms with van der Waals surface area (Å²) in [6, 6.07) is 0. The second kappa shape index (κ2) is 5.60. The van der Waals surface area contributed by atoms with Crippen LogP contribution >= 0.6 is 0 Å². The summed E-state index contributed by atoms with van der Waals surface area (Å²) in [5, 5.41) is 0. The van der Waals surface area contributed by atoms with Crippen molar-refractivity contribution in [3.05, 3.63) is 0 Å². The van der Waals surface area contributed by atoms with Crippen molar-refractivity contribution in [1.29, 1.82) is 0 Å². The smallest absolute Gasteiger partial charge is 0.356 e. The third-order valence-corrected chi connectivity index (χ3v) is 1.30. The zero-order chi connectivity index (χ0) is 8.69. The first-order chi connectivity index (χ1) is 5.22. The first kappa shape index (κ1) is 9.83. The topological polar surface area (TPSA) is 29.5 Å². The molecule has 0 saturated heterocycles. The van der Waals surface area contributed by atoms with E-state index in [0.29, 0.717) is 6.54 Å². The minimum Gasteiger partial charge on any atom is -0.356 e. The Morgan fingerprint density at radius 2 is 2.36 bits per heavy atom. The van der Waals surface area contributed by atoms with Crippen molar-refractivity contribution in [2.45, 2.75) is 19.8 Å². The predicted octanol–water partition coefficient (Wildman–Crippen LogP) is 1.45. The average Bonchev–Trinajstić information content (AvgIpc) is 2.00. The molecule has 0 bridgehead atoms. The van der Waals surface area contributed by atoms with E-state index < -0.39 is 6.09 Å². The zero-order valence-corrected chi connectivity index (χ0v) is 6.96. The quantitative estimate of drug-likeness (QED) is 0.577. The molecule has 0 aromatic heterocycles. The van der Waals surface area contributed by atoms with Crippen LogP contribution in [0, 0.1) is 12.5 Å². The Labute approximate surface area is 67.3 Å². The molecule has 0 aliphatic carbocycles. The lowest BCUT2D eigenvalue weighted by molar-refractivity contribution is 0.153. The van der Waals surface area contributed by atoms with Crippen molar-refractivity contribution in [3.8, 4) is 12.5 Å². The Morgan fingerprint density at radius 1 is 1.73 bits per heavy atom. The van der Waals surface area contributed by atoms with Gasteiger partial charge in [0.05, 0.1) is 0 Å². The fourth-order valence-corrected chi connectivity index (χ4v) is 0.615. The highest BCUT2D eigenvalue weighted by atomic mass is 16.5. The number of nitrogens with zero attached hydrogens (tertiary/aromatic N) is 1. The molecule has 0 radical (unpaired) electrons. The van der Waals surface area contributed by atoms with Crippen LogP contribution in [0.3, 0.4) is 0 Å². The fourth-order valence-electron chi connectivity index (χ4n) is 0.615. The molecule has 0 spiro atoms. The second-order valence-corrected chi connectivity index (χ2v) is 2.26. The van der Waals surface area contributed by atoms with Crippen LogP contribution in [-0.4, -0.2) is 24.6 Å². The second-order valence-electron chi connectivity index (χ2n) is 2.26. The van der Waals surface area contributed by atoms with Gasteiger partial charge in [-0.15, -0.1) is 0 Å². The third kappa shape index (κ3) is 4.26. The molecule has 0 aromatic rings. The van der Waals surface area contributed by atoms with E-state index in [1.165, 1.54) is 4.90 Å². The number of unbranched alkanes of at least 4 members (excludes halogenated alkanes) is 1. The minimum absolute atomic E-state index is 0.457. The number of amides is 1. The van der Waals surface area contributed by atoms with Gasteiger partial charge in [-0.3, -0.25) is 0 Å². The van der Waals surface area contributed by atoms with Gasteiger partial charge in [0.1, 0.15) is 6.11 Å². The number of carbonyl (C=O) groups excluding carboxylic acids is 1. The van der Waals surface area contributed by atoms with Gasteiger partial charge in [0, 0.05) is 13.6 Å². The Bertz CT molecular complexity index is 160. The molecular weight excluding hydrogens is 142 g/mol. The van der Waals surface area contributed by atoms with Crippen LogP contribution in [0.25, 0.3) is 0 Å². The molecule has 0 rings (SSSR count). The summed E-state index contributed by atoms with van der Waals surface area (Å²) in [6.07, 6.45) is 8.17.